The maximum absolute atomic E-state index is 12.1. The van der Waals surface area contributed by atoms with E-state index >= 15 is 0 Å². The molecule has 11 nitrogen and oxygen atoms in total. The fourth-order valence-electron chi connectivity index (χ4n) is 3.07. The van der Waals surface area contributed by atoms with Crippen LogP contribution in [0.4, 0.5) is 4.79 Å². The molecule has 0 N–H and O–H groups in total. The molecule has 132 valence electrons. The van der Waals surface area contributed by atoms with Crippen LogP contribution in [0.3, 0.4) is 0 Å². The Kier molecular flexibility index (Phi) is 5.33. The Morgan fingerprint density at radius 3 is 2.81 bits per heavy atom. The van der Waals surface area contributed by atoms with Crippen molar-refractivity contribution in [3.05, 3.63) is 30.3 Å². The standard InChI is InChI=1S/C13H13N5O6S.Na/c19-13-17-6-4-8(10(7-17)18(13)24-25(20,21)22)11-15-16-12(23-11)9-3-1-2-5-14-9;/h1-3,5,8,10H,4,6-7H2,(H,20,21,22);/q;+1/p-1/t8-,10+;/m1./s1. The monoisotopic (exact) mass is 389 g/mol. The van der Waals surface area contributed by atoms with Gasteiger partial charge in [0.05, 0.1) is 12.0 Å². The van der Waals surface area contributed by atoms with E-state index < -0.39 is 28.4 Å². The van der Waals surface area contributed by atoms with E-state index in [1.165, 1.54) is 4.90 Å². The van der Waals surface area contributed by atoms with Crippen LogP contribution in [-0.2, 0) is 14.7 Å². The zero-order valence-electron chi connectivity index (χ0n) is 13.7. The van der Waals surface area contributed by atoms with Gasteiger partial charge in [0.25, 0.3) is 5.89 Å². The number of hydroxylamine groups is 2. The predicted octanol–water partition coefficient (Wildman–Crippen LogP) is -2.88. The van der Waals surface area contributed by atoms with Gasteiger partial charge in [-0.05, 0) is 18.6 Å². The minimum atomic E-state index is -5.07. The molecule has 2 fully saturated rings. The van der Waals surface area contributed by atoms with E-state index in [1.807, 2.05) is 0 Å². The minimum absolute atomic E-state index is 0. The summed E-state index contributed by atoms with van der Waals surface area (Å²) in [6.07, 6.45) is 2.06. The van der Waals surface area contributed by atoms with Gasteiger partial charge < -0.3 is 13.9 Å². The molecule has 2 aliphatic heterocycles. The van der Waals surface area contributed by atoms with Crippen molar-refractivity contribution in [2.24, 2.45) is 0 Å². The molecule has 2 saturated heterocycles. The van der Waals surface area contributed by atoms with E-state index in [1.54, 1.807) is 24.4 Å². The van der Waals surface area contributed by atoms with Crippen molar-refractivity contribution in [3.63, 3.8) is 0 Å². The second-order valence-electron chi connectivity index (χ2n) is 5.66. The van der Waals surface area contributed by atoms with Crippen LogP contribution in [0.15, 0.2) is 28.8 Å². The van der Waals surface area contributed by atoms with Crippen molar-refractivity contribution in [1.82, 2.24) is 25.1 Å². The molecule has 4 heterocycles. The van der Waals surface area contributed by atoms with E-state index in [9.17, 15) is 17.8 Å². The van der Waals surface area contributed by atoms with Crippen LogP contribution < -0.4 is 29.6 Å². The largest absolute Gasteiger partial charge is 1.00 e. The van der Waals surface area contributed by atoms with Gasteiger partial charge in [-0.15, -0.1) is 10.2 Å². The summed E-state index contributed by atoms with van der Waals surface area (Å²) >= 11 is 0. The van der Waals surface area contributed by atoms with Crippen molar-refractivity contribution in [3.8, 4) is 11.6 Å². The molecule has 0 aromatic carbocycles. The van der Waals surface area contributed by atoms with Gasteiger partial charge in [-0.25, -0.2) is 13.2 Å². The number of amides is 2. The van der Waals surface area contributed by atoms with Gasteiger partial charge in [-0.2, -0.15) is 9.35 Å². The van der Waals surface area contributed by atoms with Gasteiger partial charge in [-0.1, -0.05) is 6.07 Å². The van der Waals surface area contributed by atoms with Crippen LogP contribution in [0.25, 0.3) is 11.6 Å². The van der Waals surface area contributed by atoms with Crippen molar-refractivity contribution >= 4 is 16.4 Å². The molecule has 4 rings (SSSR count). The summed E-state index contributed by atoms with van der Waals surface area (Å²) in [5, 5.41) is 8.53. The number of hydrogen-bond donors (Lipinski definition) is 0. The molecule has 2 aromatic heterocycles. The Morgan fingerprint density at radius 2 is 2.12 bits per heavy atom. The zero-order chi connectivity index (χ0) is 17.6. The molecule has 13 heteroatoms. The fraction of sp³-hybridized carbons (Fsp3) is 0.385. The SMILES string of the molecule is O=C1N2CC[C@@H](c3nnc(-c4ccccn4)o3)[C@H](C2)N1OS(=O)(=O)[O-].[Na+]. The third kappa shape index (κ3) is 3.61. The number of fused-ring (bicyclic) bond motifs is 2. The number of aromatic nitrogens is 3. The van der Waals surface area contributed by atoms with E-state index in [0.29, 0.717) is 23.7 Å². The molecule has 0 radical (unpaired) electrons. The molecule has 2 aliphatic rings. The number of hydrogen-bond acceptors (Lipinski definition) is 9. The van der Waals surface area contributed by atoms with Crippen molar-refractivity contribution in [1.29, 1.82) is 0 Å². The van der Waals surface area contributed by atoms with Crippen LogP contribution in [-0.4, -0.2) is 63.3 Å². The van der Waals surface area contributed by atoms with Crippen LogP contribution in [0.2, 0.25) is 0 Å². The average Bonchev–Trinajstić information content (AvgIpc) is 3.16. The van der Waals surface area contributed by atoms with E-state index in [-0.39, 0.29) is 47.9 Å². The first-order valence-corrected chi connectivity index (χ1v) is 8.74. The van der Waals surface area contributed by atoms with E-state index in [2.05, 4.69) is 19.5 Å². The van der Waals surface area contributed by atoms with E-state index in [4.69, 9.17) is 4.42 Å². The zero-order valence-corrected chi connectivity index (χ0v) is 16.5. The van der Waals surface area contributed by atoms with Crippen molar-refractivity contribution in [2.45, 2.75) is 18.4 Å². The van der Waals surface area contributed by atoms with Gasteiger partial charge in [-0.3, -0.25) is 4.98 Å². The summed E-state index contributed by atoms with van der Waals surface area (Å²) in [5.74, 6) is -0.00224. The van der Waals surface area contributed by atoms with Gasteiger partial charge in [0, 0.05) is 19.3 Å². The Balaban J connectivity index is 0.00000196. The fourth-order valence-corrected chi connectivity index (χ4v) is 3.45. The summed E-state index contributed by atoms with van der Waals surface area (Å²) in [7, 11) is -5.07. The summed E-state index contributed by atoms with van der Waals surface area (Å²) < 4.78 is 42.7. The average molecular weight is 389 g/mol. The molecule has 2 amide bonds. The van der Waals surface area contributed by atoms with Gasteiger partial charge >= 0.3 is 35.6 Å². The van der Waals surface area contributed by atoms with Gasteiger partial charge in [0.1, 0.15) is 5.69 Å². The Bertz CT molecular complexity index is 907. The van der Waals surface area contributed by atoms with Crippen LogP contribution in [0, 0.1) is 0 Å². The molecule has 2 atom stereocenters. The third-order valence-corrected chi connectivity index (χ3v) is 4.50. The number of rotatable bonds is 4. The van der Waals surface area contributed by atoms with Crippen molar-refractivity contribution in [2.75, 3.05) is 13.1 Å². The Morgan fingerprint density at radius 1 is 1.31 bits per heavy atom. The van der Waals surface area contributed by atoms with Gasteiger partial charge in [0.2, 0.25) is 16.3 Å². The molecule has 0 aliphatic carbocycles. The number of urea groups is 1. The second-order valence-corrected chi connectivity index (χ2v) is 6.63. The number of pyridine rings is 1. The van der Waals surface area contributed by atoms with E-state index in [0.717, 1.165) is 0 Å². The van der Waals surface area contributed by atoms with Gasteiger partial charge in [0.15, 0.2) is 0 Å². The topological polar surface area (TPSA) is 142 Å². The van der Waals surface area contributed by atoms with Crippen LogP contribution in [0.1, 0.15) is 18.2 Å². The minimum Gasteiger partial charge on any atom is -0.724 e. The molecule has 2 bridgehead atoms. The first-order chi connectivity index (χ1) is 11.9. The maximum atomic E-state index is 12.1. The van der Waals surface area contributed by atoms with Crippen LogP contribution >= 0.6 is 0 Å². The van der Waals surface area contributed by atoms with Crippen LogP contribution in [0.5, 0.6) is 0 Å². The normalized spacial score (nSPS) is 22.4. The first-order valence-electron chi connectivity index (χ1n) is 7.41. The molecule has 0 saturated carbocycles. The summed E-state index contributed by atoms with van der Waals surface area (Å²) in [4.78, 5) is 17.6. The Hall–Kier alpha value is -1.57. The maximum Gasteiger partial charge on any atom is 1.00 e. The summed E-state index contributed by atoms with van der Waals surface area (Å²) in [6.45, 7) is 0.570. The molecule has 0 spiro atoms. The number of carbonyl (C=O) groups is 1. The number of nitrogens with zero attached hydrogens (tertiary/aromatic N) is 5. The first kappa shape index (κ1) is 19.2. The number of piperidine rings is 1. The third-order valence-electron chi connectivity index (χ3n) is 4.16. The second kappa shape index (κ2) is 7.21. The van der Waals surface area contributed by atoms with Crippen molar-refractivity contribution < 1.29 is 56.0 Å². The summed E-state index contributed by atoms with van der Waals surface area (Å²) in [6, 6.07) is 3.85. The Labute approximate surface area is 170 Å². The summed E-state index contributed by atoms with van der Waals surface area (Å²) in [5.41, 5.74) is 0.497. The predicted molar refractivity (Wildman–Crippen MR) is 78.3 cm³/mol. The molecular formula is C13H12N5NaO6S. The molecule has 2 aromatic rings. The number of carbonyl (C=O) groups excluding carboxylic acids is 1. The molecule has 0 unspecified atom stereocenters. The molecular weight excluding hydrogens is 377 g/mol. The molecule has 26 heavy (non-hydrogen) atoms. The quantitative estimate of drug-likeness (QED) is 0.306. The smallest absolute Gasteiger partial charge is 0.724 e.